The van der Waals surface area contributed by atoms with Crippen molar-refractivity contribution in [3.05, 3.63) is 16.7 Å². The summed E-state index contributed by atoms with van der Waals surface area (Å²) in [7, 11) is 0. The molecule has 1 aliphatic heterocycles. The minimum atomic E-state index is -5.02. The molecule has 0 spiro atoms. The van der Waals surface area contributed by atoms with E-state index in [1.165, 1.54) is 10.9 Å². The molecule has 1 fully saturated rings. The molecule has 2 amide bonds. The van der Waals surface area contributed by atoms with E-state index in [1.54, 1.807) is 19.2 Å². The van der Waals surface area contributed by atoms with Crippen LogP contribution in [-0.2, 0) is 23.8 Å². The Bertz CT molecular complexity index is 1140. The van der Waals surface area contributed by atoms with Gasteiger partial charge in [0.1, 0.15) is 25.1 Å². The van der Waals surface area contributed by atoms with E-state index in [4.69, 9.17) is 14.2 Å². The number of nitrogens with one attached hydrogen (secondary N) is 3. The third-order valence-electron chi connectivity index (χ3n) is 5.10. The molecule has 0 aromatic carbocycles. The van der Waals surface area contributed by atoms with Gasteiger partial charge < -0.3 is 29.7 Å². The molecule has 1 aliphatic rings. The smallest absolute Gasteiger partial charge is 0.394 e. The minimum Gasteiger partial charge on any atom is -0.394 e. The summed E-state index contributed by atoms with van der Waals surface area (Å²) in [6.07, 6.45) is -8.62. The highest BCUT2D eigenvalue weighted by Gasteiger charge is 2.46. The van der Waals surface area contributed by atoms with Gasteiger partial charge in [-0.15, -0.1) is 0 Å². The van der Waals surface area contributed by atoms with Crippen LogP contribution in [0.25, 0.3) is 11.2 Å². The average Bonchev–Trinajstić information content (AvgIpc) is 3.36. The molecule has 3 rings (SSSR count). The SMILES string of the molecule is CC(C)C(=O)Nc1nc2c(ncn2[C@@H]2O[C@H](CO)[C@@H](O)[C@H]2OCOCCNC(=O)C(F)(F)F)c(=O)[nH]1. The highest BCUT2D eigenvalue weighted by molar-refractivity contribution is 5.91. The molecule has 0 radical (unpaired) electrons. The van der Waals surface area contributed by atoms with Gasteiger partial charge in [-0.1, -0.05) is 13.8 Å². The highest BCUT2D eigenvalue weighted by atomic mass is 19.4. The molecule has 0 unspecified atom stereocenters. The average molecular weight is 522 g/mol. The number of aliphatic hydroxyl groups is 2. The first-order valence-electron chi connectivity index (χ1n) is 10.7. The second-order valence-corrected chi connectivity index (χ2v) is 8.03. The number of amides is 2. The molecule has 4 atom stereocenters. The van der Waals surface area contributed by atoms with Crippen LogP contribution in [0.5, 0.6) is 0 Å². The lowest BCUT2D eigenvalue weighted by atomic mass is 10.1. The summed E-state index contributed by atoms with van der Waals surface area (Å²) in [6, 6.07) is 0. The Labute approximate surface area is 200 Å². The Morgan fingerprint density at radius 2 is 2.08 bits per heavy atom. The topological polar surface area (TPSA) is 190 Å². The van der Waals surface area contributed by atoms with Gasteiger partial charge in [-0.05, 0) is 0 Å². The number of imidazole rings is 1. The van der Waals surface area contributed by atoms with E-state index in [0.29, 0.717) is 0 Å². The van der Waals surface area contributed by atoms with Crippen molar-refractivity contribution in [2.75, 3.05) is 31.9 Å². The lowest BCUT2D eigenvalue weighted by molar-refractivity contribution is -0.174. The predicted octanol–water partition coefficient (Wildman–Crippen LogP) is -0.997. The zero-order chi connectivity index (χ0) is 26.6. The molecule has 0 aliphatic carbocycles. The molecule has 17 heteroatoms. The van der Waals surface area contributed by atoms with Gasteiger partial charge in [-0.2, -0.15) is 18.2 Å². The molecule has 0 saturated carbocycles. The van der Waals surface area contributed by atoms with Gasteiger partial charge in [-0.25, -0.2) is 4.98 Å². The first-order valence-corrected chi connectivity index (χ1v) is 10.7. The first kappa shape index (κ1) is 27.5. The van der Waals surface area contributed by atoms with Crippen LogP contribution in [0.1, 0.15) is 20.1 Å². The Morgan fingerprint density at radius 3 is 2.72 bits per heavy atom. The van der Waals surface area contributed by atoms with Crippen molar-refractivity contribution in [3.8, 4) is 0 Å². The summed E-state index contributed by atoms with van der Waals surface area (Å²) in [5, 5.41) is 24.1. The number of aromatic nitrogens is 4. The Hall–Kier alpha value is -3.12. The van der Waals surface area contributed by atoms with Crippen LogP contribution >= 0.6 is 0 Å². The number of carbonyl (C=O) groups excluding carboxylic acids is 2. The maximum atomic E-state index is 12.4. The van der Waals surface area contributed by atoms with Gasteiger partial charge in [0.25, 0.3) is 5.56 Å². The molecule has 200 valence electrons. The van der Waals surface area contributed by atoms with Crippen LogP contribution in [0.3, 0.4) is 0 Å². The minimum absolute atomic E-state index is 0.0158. The van der Waals surface area contributed by atoms with E-state index < -0.39 is 74.0 Å². The molecular weight excluding hydrogens is 497 g/mol. The Morgan fingerprint density at radius 1 is 1.36 bits per heavy atom. The maximum Gasteiger partial charge on any atom is 0.471 e. The van der Waals surface area contributed by atoms with Crippen molar-refractivity contribution in [3.63, 3.8) is 0 Å². The van der Waals surface area contributed by atoms with Crippen molar-refractivity contribution in [1.29, 1.82) is 0 Å². The number of hydrogen-bond acceptors (Lipinski definition) is 10. The number of rotatable bonds is 10. The number of aromatic amines is 1. The number of halogens is 3. The highest BCUT2D eigenvalue weighted by Crippen LogP contribution is 2.33. The molecule has 14 nitrogen and oxygen atoms in total. The largest absolute Gasteiger partial charge is 0.471 e. The van der Waals surface area contributed by atoms with E-state index >= 15 is 0 Å². The molecule has 5 N–H and O–H groups in total. The van der Waals surface area contributed by atoms with E-state index in [0.717, 1.165) is 0 Å². The normalized spacial score (nSPS) is 22.3. The van der Waals surface area contributed by atoms with Crippen molar-refractivity contribution in [1.82, 2.24) is 24.8 Å². The van der Waals surface area contributed by atoms with E-state index in [9.17, 15) is 37.8 Å². The lowest BCUT2D eigenvalue weighted by Gasteiger charge is -2.22. The van der Waals surface area contributed by atoms with E-state index in [1.807, 2.05) is 0 Å². The number of anilines is 1. The van der Waals surface area contributed by atoms with Crippen molar-refractivity contribution >= 4 is 28.9 Å². The number of fused-ring (bicyclic) bond motifs is 1. The van der Waals surface area contributed by atoms with Gasteiger partial charge >= 0.3 is 12.1 Å². The second kappa shape index (κ2) is 11.3. The van der Waals surface area contributed by atoms with Crippen LogP contribution in [0, 0.1) is 5.92 Å². The maximum absolute atomic E-state index is 12.4. The summed E-state index contributed by atoms with van der Waals surface area (Å²) in [5.74, 6) is -3.06. The quantitative estimate of drug-likeness (QED) is 0.191. The van der Waals surface area contributed by atoms with Gasteiger partial charge in [0.05, 0.1) is 19.5 Å². The predicted molar refractivity (Wildman–Crippen MR) is 113 cm³/mol. The number of H-pyrrole nitrogens is 1. The third-order valence-corrected chi connectivity index (χ3v) is 5.10. The summed E-state index contributed by atoms with van der Waals surface area (Å²) < 4.78 is 54.0. The van der Waals surface area contributed by atoms with Crippen molar-refractivity contribution in [2.24, 2.45) is 5.92 Å². The van der Waals surface area contributed by atoms with Crippen LogP contribution < -0.4 is 16.2 Å². The summed E-state index contributed by atoms with van der Waals surface area (Å²) >= 11 is 0. The summed E-state index contributed by atoms with van der Waals surface area (Å²) in [6.45, 7) is 1.41. The molecule has 3 heterocycles. The lowest BCUT2D eigenvalue weighted by Crippen LogP contribution is -2.39. The van der Waals surface area contributed by atoms with Gasteiger partial charge in [0.2, 0.25) is 11.9 Å². The number of aliphatic hydroxyl groups excluding tert-OH is 2. The zero-order valence-electron chi connectivity index (χ0n) is 19.1. The number of alkyl halides is 3. The van der Waals surface area contributed by atoms with Gasteiger partial charge in [-0.3, -0.25) is 29.3 Å². The monoisotopic (exact) mass is 522 g/mol. The summed E-state index contributed by atoms with van der Waals surface area (Å²) in [5.41, 5.74) is -0.770. The third kappa shape index (κ3) is 6.16. The second-order valence-electron chi connectivity index (χ2n) is 8.03. The molecule has 2 aromatic rings. The Balaban J connectivity index is 1.73. The number of hydrogen-bond donors (Lipinski definition) is 5. The van der Waals surface area contributed by atoms with Crippen LogP contribution in [0.15, 0.2) is 11.1 Å². The number of ether oxygens (including phenoxy) is 3. The standard InChI is InChI=1S/C19H25F3N6O8/c1-8(2)14(31)26-18-25-13-10(15(32)27-18)24-6-28(13)16-12(11(30)9(5-29)36-16)35-7-34-4-3-23-17(33)19(20,21)22/h6,8-9,11-12,16,29-30H,3-5,7H2,1-2H3,(H,23,33)(H2,25,26,27,31,32)/t9-,11-,12-,16-/m1/s1. The zero-order valence-corrected chi connectivity index (χ0v) is 19.1. The fourth-order valence-corrected chi connectivity index (χ4v) is 3.23. The Kier molecular flexibility index (Phi) is 8.62. The van der Waals surface area contributed by atoms with E-state index in [2.05, 4.69) is 20.3 Å². The van der Waals surface area contributed by atoms with E-state index in [-0.39, 0.29) is 23.7 Å². The number of carbonyl (C=O) groups is 2. The van der Waals surface area contributed by atoms with Crippen LogP contribution in [0.2, 0.25) is 0 Å². The van der Waals surface area contributed by atoms with Gasteiger partial charge in [0, 0.05) is 12.5 Å². The van der Waals surface area contributed by atoms with Gasteiger partial charge in [0.15, 0.2) is 17.4 Å². The fourth-order valence-electron chi connectivity index (χ4n) is 3.23. The molecule has 2 aromatic heterocycles. The number of nitrogens with zero attached hydrogens (tertiary/aromatic N) is 3. The van der Waals surface area contributed by atoms with Crippen LogP contribution in [0.4, 0.5) is 19.1 Å². The summed E-state index contributed by atoms with van der Waals surface area (Å²) in [4.78, 5) is 45.8. The molecule has 0 bridgehead atoms. The molecular formula is C19H25F3N6O8. The first-order chi connectivity index (χ1) is 16.9. The molecule has 1 saturated heterocycles. The fraction of sp³-hybridized carbons (Fsp3) is 0.632. The van der Waals surface area contributed by atoms with Crippen molar-refractivity contribution < 1.29 is 47.2 Å². The van der Waals surface area contributed by atoms with Crippen LogP contribution in [-0.4, -0.2) is 92.6 Å². The molecule has 36 heavy (non-hydrogen) atoms. The van der Waals surface area contributed by atoms with Crippen molar-refractivity contribution in [2.45, 2.75) is 44.6 Å².